The highest BCUT2D eigenvalue weighted by molar-refractivity contribution is 6.61. The van der Waals surface area contributed by atoms with Gasteiger partial charge in [-0.25, -0.2) is 4.79 Å². The van der Waals surface area contributed by atoms with Gasteiger partial charge in [0.25, 0.3) is 0 Å². The Hall–Kier alpha value is -2.20. The van der Waals surface area contributed by atoms with Crippen molar-refractivity contribution in [2.24, 2.45) is 39.9 Å². The predicted molar refractivity (Wildman–Crippen MR) is 141 cm³/mol. The van der Waals surface area contributed by atoms with Gasteiger partial charge < -0.3 is 29.7 Å². The van der Waals surface area contributed by atoms with Crippen LogP contribution in [-0.4, -0.2) is 57.5 Å². The van der Waals surface area contributed by atoms with E-state index in [4.69, 9.17) is 9.39 Å². The van der Waals surface area contributed by atoms with Gasteiger partial charge in [0.2, 0.25) is 0 Å². The van der Waals surface area contributed by atoms with Crippen molar-refractivity contribution in [3.05, 3.63) is 36.4 Å². The molecule has 10 atom stereocenters. The molecule has 1 aromatic carbocycles. The average molecular weight is 526 g/mol. The van der Waals surface area contributed by atoms with Crippen molar-refractivity contribution in [1.29, 1.82) is 0 Å². The number of aliphatic hydroxyl groups is 2. The van der Waals surface area contributed by atoms with Crippen LogP contribution in [0, 0.1) is 39.9 Å². The van der Waals surface area contributed by atoms with E-state index < -0.39 is 59.5 Å². The van der Waals surface area contributed by atoms with E-state index in [-0.39, 0.29) is 42.8 Å². The number of carboxylic acids is 1. The van der Waals surface area contributed by atoms with Gasteiger partial charge in [-0.3, -0.25) is 4.79 Å². The Balaban J connectivity index is 1.67. The summed E-state index contributed by atoms with van der Waals surface area (Å²) >= 11 is 0. The lowest BCUT2D eigenvalue weighted by molar-refractivity contribution is -0.193. The van der Waals surface area contributed by atoms with Crippen LogP contribution in [0.1, 0.15) is 58.9 Å². The van der Waals surface area contributed by atoms with Crippen LogP contribution in [0.4, 0.5) is 0 Å². The maximum absolute atomic E-state index is 13.7. The van der Waals surface area contributed by atoms with Crippen LogP contribution in [0.2, 0.25) is 0 Å². The zero-order valence-electron chi connectivity index (χ0n) is 22.6. The number of carboxylic acid groups (broad SMARTS) is 1. The molecule has 0 amide bonds. The first-order valence-electron chi connectivity index (χ1n) is 13.7. The van der Waals surface area contributed by atoms with Crippen LogP contribution in [0.3, 0.4) is 0 Å². The Morgan fingerprint density at radius 3 is 2.63 bits per heavy atom. The normalized spacial score (nSPS) is 43.0. The molecule has 2 bridgehead atoms. The molecule has 3 saturated carbocycles. The van der Waals surface area contributed by atoms with Crippen molar-refractivity contribution in [2.75, 3.05) is 0 Å². The summed E-state index contributed by atoms with van der Waals surface area (Å²) in [6.07, 6.45) is 0.262. The van der Waals surface area contributed by atoms with Gasteiger partial charge in [0, 0.05) is 17.3 Å². The smallest absolute Gasteiger partial charge is 0.478 e. The van der Waals surface area contributed by atoms with Gasteiger partial charge in [-0.2, -0.15) is 0 Å². The fraction of sp³-hybridized carbons (Fsp3) is 0.655. The van der Waals surface area contributed by atoms with Crippen molar-refractivity contribution >= 4 is 24.3 Å². The minimum Gasteiger partial charge on any atom is -0.478 e. The first-order valence-corrected chi connectivity index (χ1v) is 13.7. The van der Waals surface area contributed by atoms with E-state index in [0.717, 1.165) is 12.0 Å². The van der Waals surface area contributed by atoms with Crippen LogP contribution in [0.5, 0.6) is 5.75 Å². The minimum atomic E-state index is -1.35. The molecule has 3 aliphatic carbocycles. The van der Waals surface area contributed by atoms with Gasteiger partial charge in [-0.15, -0.1) is 6.58 Å². The zero-order valence-corrected chi connectivity index (χ0v) is 22.6. The Bertz CT molecular complexity index is 1160. The highest BCUT2D eigenvalue weighted by Crippen LogP contribution is 2.69. The Kier molecular flexibility index (Phi) is 6.62. The zero-order chi connectivity index (χ0) is 27.8. The Morgan fingerprint density at radius 2 is 1.97 bits per heavy atom. The lowest BCUT2D eigenvalue weighted by Gasteiger charge is -2.62. The molecule has 4 N–H and O–H groups in total. The number of carbonyl (C=O) groups excluding carboxylic acids is 1. The van der Waals surface area contributed by atoms with Crippen LogP contribution >= 0.6 is 0 Å². The molecule has 1 unspecified atom stereocenters. The van der Waals surface area contributed by atoms with E-state index in [9.17, 15) is 29.9 Å². The van der Waals surface area contributed by atoms with Gasteiger partial charge in [0.1, 0.15) is 11.9 Å². The summed E-state index contributed by atoms with van der Waals surface area (Å²) in [5.74, 6) is -2.77. The summed E-state index contributed by atoms with van der Waals surface area (Å²) in [6.45, 7) is 12.2. The molecule has 8 nitrogen and oxygen atoms in total. The quantitative estimate of drug-likeness (QED) is 0.340. The van der Waals surface area contributed by atoms with Crippen molar-refractivity contribution in [3.8, 4) is 5.75 Å². The fourth-order valence-corrected chi connectivity index (χ4v) is 8.62. The third-order valence-corrected chi connectivity index (χ3v) is 11.1. The molecule has 206 valence electrons. The number of ketones is 1. The maximum Gasteiger partial charge on any atom is 0.491 e. The summed E-state index contributed by atoms with van der Waals surface area (Å²) in [5, 5.41) is 43.4. The monoisotopic (exact) mass is 526 g/mol. The number of ether oxygens (including phenoxy) is 1. The third-order valence-electron chi connectivity index (χ3n) is 11.1. The van der Waals surface area contributed by atoms with E-state index in [1.165, 1.54) is 0 Å². The molecule has 0 aromatic heterocycles. The van der Waals surface area contributed by atoms with Crippen LogP contribution < -0.4 is 10.2 Å². The maximum atomic E-state index is 13.7. The molecule has 5 rings (SSSR count). The number of aliphatic carboxylic acids is 1. The van der Waals surface area contributed by atoms with Crippen LogP contribution in [0.25, 0.3) is 0 Å². The second-order valence-corrected chi connectivity index (χ2v) is 12.7. The van der Waals surface area contributed by atoms with Gasteiger partial charge >= 0.3 is 13.1 Å². The second-order valence-electron chi connectivity index (χ2n) is 12.7. The molecule has 4 aliphatic rings. The van der Waals surface area contributed by atoms with E-state index in [1.807, 2.05) is 20.8 Å². The van der Waals surface area contributed by atoms with Crippen LogP contribution in [0.15, 0.2) is 30.9 Å². The highest BCUT2D eigenvalue weighted by atomic mass is 16.5. The SMILES string of the molecule is C=C[C@]1(C)C[C@@H](C(Oc2ccc3c(c2)B(O)OC3)C(=O)O)[C@@]2(C)[C@H](C)CC[C@]3(C[C@H](O)C(=O)[C@H]32)[C@@H](C)[C@@H]1O. The molecular formula is C29H39BO8. The predicted octanol–water partition coefficient (Wildman–Crippen LogP) is 2.32. The summed E-state index contributed by atoms with van der Waals surface area (Å²) in [7, 11) is -1.10. The Labute approximate surface area is 224 Å². The van der Waals surface area contributed by atoms with Gasteiger partial charge in [-0.05, 0) is 71.5 Å². The second kappa shape index (κ2) is 9.19. The number of Topliss-reactive ketones (excluding diaryl/α,β-unsaturated/α-hetero) is 1. The van der Waals surface area contributed by atoms with E-state index in [2.05, 4.69) is 13.5 Å². The molecule has 1 aliphatic heterocycles. The van der Waals surface area contributed by atoms with Crippen molar-refractivity contribution < 1.29 is 39.3 Å². The van der Waals surface area contributed by atoms with Crippen LogP contribution in [-0.2, 0) is 20.9 Å². The molecule has 1 heterocycles. The first-order chi connectivity index (χ1) is 17.8. The molecule has 0 radical (unpaired) electrons. The van der Waals surface area contributed by atoms with Crippen molar-refractivity contribution in [1.82, 2.24) is 0 Å². The number of benzene rings is 1. The minimum absolute atomic E-state index is 0.0305. The van der Waals surface area contributed by atoms with E-state index in [1.54, 1.807) is 24.3 Å². The molecule has 9 heteroatoms. The van der Waals surface area contributed by atoms with Gasteiger partial charge in [-0.1, -0.05) is 39.8 Å². The highest BCUT2D eigenvalue weighted by Gasteiger charge is 2.70. The molecule has 1 aromatic rings. The molecule has 0 spiro atoms. The fourth-order valence-electron chi connectivity index (χ4n) is 8.62. The molecule has 3 fully saturated rings. The van der Waals surface area contributed by atoms with Crippen molar-refractivity contribution in [3.63, 3.8) is 0 Å². The molecular weight excluding hydrogens is 487 g/mol. The standard InChI is InChI=1S/C29H39BO8/c1-6-27(4)12-19(23(26(34)35)38-18-8-7-17-14-37-30(36)20(17)11-18)28(5)15(2)9-10-29(16(3)25(27)33)13-21(31)22(32)24(28)29/h6-8,11,15-16,19,21,23-25,31,33,36H,1,9-10,12-14H2,2-5H3,(H,34,35)/t15-,16+,19+,21+,23?,24+,25+,27-,28-,29+/m1/s1. The third kappa shape index (κ3) is 3.73. The summed E-state index contributed by atoms with van der Waals surface area (Å²) in [4.78, 5) is 26.7. The summed E-state index contributed by atoms with van der Waals surface area (Å²) in [5.41, 5.74) is -0.987. The molecule has 0 saturated heterocycles. The number of hydrogen-bond donors (Lipinski definition) is 4. The first kappa shape index (κ1) is 27.4. The Morgan fingerprint density at radius 1 is 1.26 bits per heavy atom. The number of rotatable bonds is 5. The largest absolute Gasteiger partial charge is 0.491 e. The summed E-state index contributed by atoms with van der Waals surface area (Å²) < 4.78 is 11.5. The van der Waals surface area contributed by atoms with E-state index in [0.29, 0.717) is 11.9 Å². The lowest BCUT2D eigenvalue weighted by Crippen LogP contribution is -2.63. The summed E-state index contributed by atoms with van der Waals surface area (Å²) in [6, 6.07) is 5.03. The molecule has 38 heavy (non-hydrogen) atoms. The lowest BCUT2D eigenvalue weighted by atomic mass is 9.41. The number of aliphatic hydroxyl groups excluding tert-OH is 2. The van der Waals surface area contributed by atoms with Crippen molar-refractivity contribution in [2.45, 2.75) is 78.3 Å². The number of hydrogen-bond acceptors (Lipinski definition) is 7. The van der Waals surface area contributed by atoms with E-state index >= 15 is 0 Å². The number of fused-ring (bicyclic) bond motifs is 1. The topological polar surface area (TPSA) is 134 Å². The average Bonchev–Trinajstić information content (AvgIpc) is 3.38. The number of carbonyl (C=O) groups is 2. The van der Waals surface area contributed by atoms with Gasteiger partial charge in [0.05, 0.1) is 12.7 Å². The van der Waals surface area contributed by atoms with Gasteiger partial charge in [0.15, 0.2) is 11.9 Å².